The molecule has 1 spiro atoms. The lowest BCUT2D eigenvalue weighted by atomic mass is 9.89. The lowest BCUT2D eigenvalue weighted by Gasteiger charge is -2.38. The van der Waals surface area contributed by atoms with Crippen molar-refractivity contribution in [3.8, 4) is 0 Å². The van der Waals surface area contributed by atoms with E-state index in [4.69, 9.17) is 4.74 Å². The average Bonchev–Trinajstić information content (AvgIpc) is 3.41. The van der Waals surface area contributed by atoms with Gasteiger partial charge in [0.2, 0.25) is 5.91 Å². The molecule has 4 fully saturated rings. The number of fused-ring (bicyclic) bond motifs is 1. The molecule has 30 heavy (non-hydrogen) atoms. The van der Waals surface area contributed by atoms with E-state index in [9.17, 15) is 18.4 Å². The van der Waals surface area contributed by atoms with Gasteiger partial charge in [-0.25, -0.2) is 8.78 Å². The van der Waals surface area contributed by atoms with Gasteiger partial charge in [-0.05, 0) is 44.3 Å². The summed E-state index contributed by atoms with van der Waals surface area (Å²) < 4.78 is 33.1. The predicted molar refractivity (Wildman–Crippen MR) is 108 cm³/mol. The van der Waals surface area contributed by atoms with Gasteiger partial charge in [-0.15, -0.1) is 0 Å². The summed E-state index contributed by atoms with van der Waals surface area (Å²) in [6.45, 7) is 6.16. The minimum absolute atomic E-state index is 0.0878. The minimum atomic E-state index is -0.895. The first kappa shape index (κ1) is 21.2. The standard InChI is InChI=1S/C23H30F2N2O3/c1-15(13-18(25)14-16(2)24)19-7-8-20-27(19)22(29)23(30-20)9-11-26(12-10-23)21(28)17-5-3-4-6-17/h13-14,17,19-20H,1,3-12H2,2H3/b16-14+,18-13+/t19-,20+/m0/s1. The van der Waals surface area contributed by atoms with E-state index in [0.29, 0.717) is 44.3 Å². The molecule has 0 N–H and O–H groups in total. The Morgan fingerprint density at radius 2 is 1.80 bits per heavy atom. The highest BCUT2D eigenvalue weighted by Gasteiger charge is 2.58. The van der Waals surface area contributed by atoms with Crippen LogP contribution in [0.2, 0.25) is 0 Å². The molecular formula is C23H30F2N2O3. The zero-order valence-electron chi connectivity index (χ0n) is 17.5. The van der Waals surface area contributed by atoms with Crippen LogP contribution in [-0.4, -0.2) is 52.6 Å². The van der Waals surface area contributed by atoms with E-state index < -0.39 is 17.3 Å². The number of hydrogen-bond donors (Lipinski definition) is 0. The summed E-state index contributed by atoms with van der Waals surface area (Å²) in [6.07, 6.45) is 8.11. The highest BCUT2D eigenvalue weighted by atomic mass is 19.1. The number of ether oxygens (including phenoxy) is 1. The molecule has 7 heteroatoms. The maximum absolute atomic E-state index is 13.9. The van der Waals surface area contributed by atoms with E-state index in [1.165, 1.54) is 13.0 Å². The molecule has 1 aliphatic carbocycles. The van der Waals surface area contributed by atoms with Crippen LogP contribution < -0.4 is 0 Å². The second kappa shape index (κ2) is 8.25. The smallest absolute Gasteiger partial charge is 0.257 e. The number of carbonyl (C=O) groups excluding carboxylic acids is 2. The molecule has 2 amide bonds. The SMILES string of the molecule is C=C(/C=C(F)\C=C(/C)F)[C@@H]1CC[C@H]2OC3(CCN(C(=O)C4CCCC4)CC3)C(=O)N21. The first-order chi connectivity index (χ1) is 14.3. The van der Waals surface area contributed by atoms with Crippen molar-refractivity contribution >= 4 is 11.8 Å². The highest BCUT2D eigenvalue weighted by Crippen LogP contribution is 2.44. The van der Waals surface area contributed by atoms with Crippen LogP contribution in [0.15, 0.2) is 36.0 Å². The van der Waals surface area contributed by atoms with Crippen molar-refractivity contribution in [2.75, 3.05) is 13.1 Å². The number of halogens is 2. The number of allylic oxidation sites excluding steroid dienone is 3. The first-order valence-corrected chi connectivity index (χ1v) is 11.0. The van der Waals surface area contributed by atoms with Crippen molar-refractivity contribution in [2.45, 2.75) is 76.2 Å². The van der Waals surface area contributed by atoms with Gasteiger partial charge < -0.3 is 14.5 Å². The number of likely N-dealkylation sites (tertiary alicyclic amines) is 1. The maximum atomic E-state index is 13.9. The molecule has 0 unspecified atom stereocenters. The van der Waals surface area contributed by atoms with Gasteiger partial charge in [-0.3, -0.25) is 9.59 Å². The minimum Gasteiger partial charge on any atom is -0.342 e. The molecule has 0 radical (unpaired) electrons. The quantitative estimate of drug-likeness (QED) is 0.642. The lowest BCUT2D eigenvalue weighted by Crippen LogP contribution is -2.53. The first-order valence-electron chi connectivity index (χ1n) is 11.0. The van der Waals surface area contributed by atoms with Gasteiger partial charge in [0.25, 0.3) is 5.91 Å². The van der Waals surface area contributed by atoms with E-state index in [2.05, 4.69) is 6.58 Å². The summed E-state index contributed by atoms with van der Waals surface area (Å²) in [6, 6.07) is -0.348. The third kappa shape index (κ3) is 3.84. The number of nitrogens with zero attached hydrogens (tertiary/aromatic N) is 2. The summed E-state index contributed by atoms with van der Waals surface area (Å²) in [5, 5.41) is 0. The van der Waals surface area contributed by atoms with Crippen LogP contribution in [0.25, 0.3) is 0 Å². The van der Waals surface area contributed by atoms with Gasteiger partial charge in [-0.2, -0.15) is 0 Å². The molecule has 5 nitrogen and oxygen atoms in total. The highest BCUT2D eigenvalue weighted by molar-refractivity contribution is 5.89. The molecule has 1 saturated carbocycles. The van der Waals surface area contributed by atoms with Crippen LogP contribution >= 0.6 is 0 Å². The number of hydrogen-bond acceptors (Lipinski definition) is 3. The van der Waals surface area contributed by atoms with Crippen molar-refractivity contribution in [2.24, 2.45) is 5.92 Å². The Morgan fingerprint density at radius 3 is 2.43 bits per heavy atom. The fraction of sp³-hybridized carbons (Fsp3) is 0.652. The molecule has 4 aliphatic rings. The van der Waals surface area contributed by atoms with Crippen LogP contribution in [0, 0.1) is 5.92 Å². The van der Waals surface area contributed by atoms with E-state index in [-0.39, 0.29) is 30.0 Å². The number of amides is 2. The van der Waals surface area contributed by atoms with Crippen molar-refractivity contribution in [1.29, 1.82) is 0 Å². The number of piperidine rings is 1. The number of rotatable bonds is 4. The molecule has 3 heterocycles. The van der Waals surface area contributed by atoms with Crippen molar-refractivity contribution in [3.05, 3.63) is 36.0 Å². The van der Waals surface area contributed by atoms with Gasteiger partial charge in [0, 0.05) is 37.9 Å². The predicted octanol–water partition coefficient (Wildman–Crippen LogP) is 4.17. The van der Waals surface area contributed by atoms with Gasteiger partial charge in [-0.1, -0.05) is 19.4 Å². The Kier molecular flexibility index (Phi) is 5.84. The Balaban J connectivity index is 1.42. The summed E-state index contributed by atoms with van der Waals surface area (Å²) in [5.74, 6) is -1.07. The lowest BCUT2D eigenvalue weighted by molar-refractivity contribution is -0.150. The summed E-state index contributed by atoms with van der Waals surface area (Å²) in [5.41, 5.74) is -0.455. The Labute approximate surface area is 176 Å². The zero-order chi connectivity index (χ0) is 21.5. The van der Waals surface area contributed by atoms with E-state index in [0.717, 1.165) is 31.8 Å². The summed E-state index contributed by atoms with van der Waals surface area (Å²) in [7, 11) is 0. The third-order valence-electron chi connectivity index (χ3n) is 6.99. The van der Waals surface area contributed by atoms with Crippen molar-refractivity contribution in [1.82, 2.24) is 9.80 Å². The molecular weight excluding hydrogens is 390 g/mol. The van der Waals surface area contributed by atoms with Crippen molar-refractivity contribution < 1.29 is 23.1 Å². The normalized spacial score (nSPS) is 29.8. The Bertz CT molecular complexity index is 788. The molecule has 0 aromatic carbocycles. The van der Waals surface area contributed by atoms with E-state index >= 15 is 0 Å². The molecule has 2 atom stereocenters. The molecule has 0 bridgehead atoms. The molecule has 3 aliphatic heterocycles. The van der Waals surface area contributed by atoms with Gasteiger partial charge in [0.15, 0.2) is 5.60 Å². The van der Waals surface area contributed by atoms with Crippen LogP contribution in [0.1, 0.15) is 58.3 Å². The fourth-order valence-corrected chi connectivity index (χ4v) is 5.43. The Morgan fingerprint density at radius 1 is 1.13 bits per heavy atom. The Hall–Kier alpha value is -2.02. The third-order valence-corrected chi connectivity index (χ3v) is 6.99. The van der Waals surface area contributed by atoms with E-state index in [1.807, 2.05) is 4.90 Å². The summed E-state index contributed by atoms with van der Waals surface area (Å²) >= 11 is 0. The zero-order valence-corrected chi connectivity index (χ0v) is 17.5. The summed E-state index contributed by atoms with van der Waals surface area (Å²) in [4.78, 5) is 29.6. The molecule has 164 valence electrons. The van der Waals surface area contributed by atoms with Crippen LogP contribution in [-0.2, 0) is 14.3 Å². The van der Waals surface area contributed by atoms with Gasteiger partial charge in [0.05, 0.1) is 11.9 Å². The van der Waals surface area contributed by atoms with Crippen molar-refractivity contribution in [3.63, 3.8) is 0 Å². The van der Waals surface area contributed by atoms with Gasteiger partial charge in [0.1, 0.15) is 12.1 Å². The number of carbonyl (C=O) groups is 2. The van der Waals surface area contributed by atoms with Crippen LogP contribution in [0.4, 0.5) is 8.78 Å². The van der Waals surface area contributed by atoms with E-state index in [1.54, 1.807) is 4.90 Å². The second-order valence-corrected chi connectivity index (χ2v) is 9.01. The molecule has 0 aromatic heterocycles. The van der Waals surface area contributed by atoms with Crippen LogP contribution in [0.3, 0.4) is 0 Å². The average molecular weight is 421 g/mol. The second-order valence-electron chi connectivity index (χ2n) is 9.01. The largest absolute Gasteiger partial charge is 0.342 e. The van der Waals surface area contributed by atoms with Crippen LogP contribution in [0.5, 0.6) is 0 Å². The fourth-order valence-electron chi connectivity index (χ4n) is 5.43. The van der Waals surface area contributed by atoms with Gasteiger partial charge >= 0.3 is 0 Å². The maximum Gasteiger partial charge on any atom is 0.257 e. The topological polar surface area (TPSA) is 49.9 Å². The molecule has 4 rings (SSSR count). The monoisotopic (exact) mass is 420 g/mol. The molecule has 3 saturated heterocycles. The molecule has 0 aromatic rings.